The van der Waals surface area contributed by atoms with Gasteiger partial charge in [0.25, 0.3) is 5.91 Å². The first-order chi connectivity index (χ1) is 10.1. The Kier molecular flexibility index (Phi) is 3.54. The van der Waals surface area contributed by atoms with Crippen LogP contribution in [0.15, 0.2) is 54.4 Å². The van der Waals surface area contributed by atoms with Gasteiger partial charge in [-0.2, -0.15) is 0 Å². The molecule has 21 heavy (non-hydrogen) atoms. The number of benzene rings is 1. The molecule has 0 unspecified atom stereocenters. The van der Waals surface area contributed by atoms with E-state index in [0.717, 1.165) is 5.56 Å². The maximum Gasteiger partial charge on any atom is 0.261 e. The number of hydrogen-bond donors (Lipinski definition) is 0. The van der Waals surface area contributed by atoms with E-state index in [4.69, 9.17) is 11.6 Å². The molecule has 0 N–H and O–H groups in total. The van der Waals surface area contributed by atoms with Crippen molar-refractivity contribution in [2.75, 3.05) is 4.90 Å². The van der Waals surface area contributed by atoms with Crippen molar-refractivity contribution in [3.8, 4) is 0 Å². The largest absolute Gasteiger partial charge is 0.274 e. The molecule has 2 amide bonds. The average Bonchev–Trinajstić information content (AvgIpc) is 2.74. The molecule has 3 rings (SSSR count). The van der Waals surface area contributed by atoms with Crippen molar-refractivity contribution in [1.82, 2.24) is 4.98 Å². The molecule has 4 nitrogen and oxygen atoms in total. The lowest BCUT2D eigenvalue weighted by Gasteiger charge is -2.13. The summed E-state index contributed by atoms with van der Waals surface area (Å²) in [6.07, 6.45) is 5.09. The Labute approximate surface area is 126 Å². The maximum absolute atomic E-state index is 12.4. The number of aromatic nitrogens is 1. The van der Waals surface area contributed by atoms with E-state index in [1.165, 1.54) is 4.90 Å². The Morgan fingerprint density at radius 3 is 2.62 bits per heavy atom. The van der Waals surface area contributed by atoms with Gasteiger partial charge in [0.1, 0.15) is 0 Å². The van der Waals surface area contributed by atoms with Crippen LogP contribution in [-0.4, -0.2) is 16.8 Å². The second kappa shape index (κ2) is 5.50. The third-order valence-corrected chi connectivity index (χ3v) is 3.42. The van der Waals surface area contributed by atoms with Gasteiger partial charge in [-0.1, -0.05) is 17.7 Å². The lowest BCUT2D eigenvalue weighted by atomic mass is 10.1. The molecular formula is C16H11ClN2O2. The Morgan fingerprint density at radius 2 is 1.90 bits per heavy atom. The van der Waals surface area contributed by atoms with Crippen LogP contribution in [0.4, 0.5) is 5.69 Å². The zero-order chi connectivity index (χ0) is 14.8. The molecule has 1 aromatic heterocycles. The van der Waals surface area contributed by atoms with E-state index < -0.39 is 0 Å². The van der Waals surface area contributed by atoms with Crippen molar-refractivity contribution in [2.24, 2.45) is 0 Å². The molecule has 1 saturated heterocycles. The van der Waals surface area contributed by atoms with Crippen LogP contribution in [0.3, 0.4) is 0 Å². The number of carbonyl (C=O) groups is 2. The summed E-state index contributed by atoms with van der Waals surface area (Å²) >= 11 is 5.91. The number of halogens is 1. The number of hydrogen-bond acceptors (Lipinski definition) is 3. The van der Waals surface area contributed by atoms with Gasteiger partial charge in [0, 0.05) is 23.0 Å². The van der Waals surface area contributed by atoms with Gasteiger partial charge >= 0.3 is 0 Å². The number of carbonyl (C=O) groups excluding carboxylic acids is 2. The highest BCUT2D eigenvalue weighted by Crippen LogP contribution is 2.28. The van der Waals surface area contributed by atoms with E-state index in [0.29, 0.717) is 16.3 Å². The van der Waals surface area contributed by atoms with Gasteiger partial charge in [-0.3, -0.25) is 14.6 Å². The summed E-state index contributed by atoms with van der Waals surface area (Å²) in [5.74, 6) is -0.554. The molecule has 1 aromatic carbocycles. The van der Waals surface area contributed by atoms with Crippen LogP contribution in [0.1, 0.15) is 12.0 Å². The molecule has 1 aliphatic heterocycles. The van der Waals surface area contributed by atoms with Gasteiger partial charge in [-0.25, -0.2) is 4.90 Å². The highest BCUT2D eigenvalue weighted by molar-refractivity contribution is 6.32. The highest BCUT2D eigenvalue weighted by Gasteiger charge is 2.34. The van der Waals surface area contributed by atoms with Crippen LogP contribution in [0.2, 0.25) is 5.02 Å². The van der Waals surface area contributed by atoms with Gasteiger partial charge in [0.05, 0.1) is 12.1 Å². The second-order valence-corrected chi connectivity index (χ2v) is 5.08. The molecule has 0 aliphatic carbocycles. The molecule has 0 saturated carbocycles. The molecule has 0 atom stereocenters. The number of imide groups is 1. The lowest BCUT2D eigenvalue weighted by Crippen LogP contribution is -2.28. The smallest absolute Gasteiger partial charge is 0.261 e. The van der Waals surface area contributed by atoms with Crippen molar-refractivity contribution in [3.05, 3.63) is 65.0 Å². The molecule has 0 radical (unpaired) electrons. The number of pyridine rings is 1. The van der Waals surface area contributed by atoms with E-state index in [1.807, 2.05) is 0 Å². The minimum absolute atomic E-state index is 0.0909. The van der Waals surface area contributed by atoms with E-state index in [-0.39, 0.29) is 18.2 Å². The van der Waals surface area contributed by atoms with Crippen molar-refractivity contribution in [1.29, 1.82) is 0 Å². The monoisotopic (exact) mass is 298 g/mol. The lowest BCUT2D eigenvalue weighted by molar-refractivity contribution is -0.120. The van der Waals surface area contributed by atoms with E-state index in [1.54, 1.807) is 54.9 Å². The number of rotatable bonds is 2. The molecule has 0 spiro atoms. The van der Waals surface area contributed by atoms with Crippen LogP contribution < -0.4 is 4.90 Å². The van der Waals surface area contributed by atoms with Crippen molar-refractivity contribution in [3.63, 3.8) is 0 Å². The standard InChI is InChI=1S/C16H11ClN2O2/c17-13-2-1-3-14(10-13)19-15(20)9-12(16(19)21)8-11-4-6-18-7-5-11/h1-8,10H,9H2/b12-8+. The third-order valence-electron chi connectivity index (χ3n) is 3.18. The number of anilines is 1. The first-order valence-electron chi connectivity index (χ1n) is 6.38. The van der Waals surface area contributed by atoms with Gasteiger partial charge < -0.3 is 0 Å². The summed E-state index contributed by atoms with van der Waals surface area (Å²) in [6, 6.07) is 10.3. The van der Waals surface area contributed by atoms with Gasteiger partial charge in [-0.05, 0) is 42.0 Å². The summed E-state index contributed by atoms with van der Waals surface area (Å²) in [7, 11) is 0. The Bertz CT molecular complexity index is 741. The zero-order valence-corrected chi connectivity index (χ0v) is 11.7. The fourth-order valence-corrected chi connectivity index (χ4v) is 2.41. The van der Waals surface area contributed by atoms with Crippen LogP contribution in [0, 0.1) is 0 Å². The summed E-state index contributed by atoms with van der Waals surface area (Å²) in [4.78, 5) is 29.6. The minimum atomic E-state index is -0.306. The quantitative estimate of drug-likeness (QED) is 0.632. The maximum atomic E-state index is 12.4. The molecule has 2 heterocycles. The predicted octanol–water partition coefficient (Wildman–Crippen LogP) is 3.08. The SMILES string of the molecule is O=C1C/C(=C\c2ccncc2)C(=O)N1c1cccc(Cl)c1. The Balaban J connectivity index is 1.94. The normalized spacial score (nSPS) is 16.8. The van der Waals surface area contributed by atoms with Crippen LogP contribution in [0.5, 0.6) is 0 Å². The van der Waals surface area contributed by atoms with Gasteiger partial charge in [0.2, 0.25) is 5.91 Å². The fraction of sp³-hybridized carbons (Fsp3) is 0.0625. The van der Waals surface area contributed by atoms with Crippen LogP contribution in [-0.2, 0) is 9.59 Å². The molecule has 1 aliphatic rings. The molecule has 0 bridgehead atoms. The summed E-state index contributed by atoms with van der Waals surface area (Å²) in [5, 5.41) is 0.486. The molecule has 1 fully saturated rings. The predicted molar refractivity (Wildman–Crippen MR) is 80.8 cm³/mol. The minimum Gasteiger partial charge on any atom is -0.274 e. The third kappa shape index (κ3) is 2.71. The highest BCUT2D eigenvalue weighted by atomic mass is 35.5. The molecule has 5 heteroatoms. The van der Waals surface area contributed by atoms with E-state index in [9.17, 15) is 9.59 Å². The van der Waals surface area contributed by atoms with E-state index in [2.05, 4.69) is 4.98 Å². The molecule has 2 aromatic rings. The van der Waals surface area contributed by atoms with Crippen molar-refractivity contribution < 1.29 is 9.59 Å². The van der Waals surface area contributed by atoms with Crippen LogP contribution >= 0.6 is 11.6 Å². The summed E-state index contributed by atoms with van der Waals surface area (Å²) in [6.45, 7) is 0. The number of nitrogens with zero attached hydrogens (tertiary/aromatic N) is 2. The summed E-state index contributed by atoms with van der Waals surface area (Å²) in [5.41, 5.74) is 1.80. The molecule has 104 valence electrons. The Morgan fingerprint density at radius 1 is 1.14 bits per heavy atom. The van der Waals surface area contributed by atoms with Gasteiger partial charge in [0.15, 0.2) is 0 Å². The first-order valence-corrected chi connectivity index (χ1v) is 6.76. The van der Waals surface area contributed by atoms with E-state index >= 15 is 0 Å². The zero-order valence-electron chi connectivity index (χ0n) is 11.0. The topological polar surface area (TPSA) is 50.3 Å². The van der Waals surface area contributed by atoms with Crippen molar-refractivity contribution in [2.45, 2.75) is 6.42 Å². The number of amides is 2. The van der Waals surface area contributed by atoms with Gasteiger partial charge in [-0.15, -0.1) is 0 Å². The fourth-order valence-electron chi connectivity index (χ4n) is 2.22. The molecular weight excluding hydrogens is 288 g/mol. The average molecular weight is 299 g/mol. The summed E-state index contributed by atoms with van der Waals surface area (Å²) < 4.78 is 0. The first kappa shape index (κ1) is 13.5. The second-order valence-electron chi connectivity index (χ2n) is 4.64. The van der Waals surface area contributed by atoms with Crippen molar-refractivity contribution >= 4 is 35.2 Å². The van der Waals surface area contributed by atoms with Crippen LogP contribution in [0.25, 0.3) is 6.08 Å². The Hall–Kier alpha value is -2.46.